The SMILES string of the molecule is COc1ccc2nc(N)n(C3CC3)c2c1. The van der Waals surface area contributed by atoms with Crippen LogP contribution in [0.15, 0.2) is 18.2 Å². The van der Waals surface area contributed by atoms with E-state index in [1.165, 1.54) is 12.8 Å². The number of fused-ring (bicyclic) bond motifs is 1. The van der Waals surface area contributed by atoms with Gasteiger partial charge in [0.1, 0.15) is 5.75 Å². The third kappa shape index (κ3) is 1.25. The minimum atomic E-state index is 0.544. The minimum absolute atomic E-state index is 0.544. The van der Waals surface area contributed by atoms with Gasteiger partial charge in [-0.05, 0) is 25.0 Å². The number of nitrogen functional groups attached to an aromatic ring is 1. The second kappa shape index (κ2) is 2.89. The van der Waals surface area contributed by atoms with E-state index in [4.69, 9.17) is 10.5 Å². The number of methoxy groups -OCH3 is 1. The molecule has 1 aliphatic carbocycles. The fourth-order valence-electron chi connectivity index (χ4n) is 1.93. The van der Waals surface area contributed by atoms with Gasteiger partial charge >= 0.3 is 0 Å². The van der Waals surface area contributed by atoms with Crippen molar-refractivity contribution in [2.45, 2.75) is 18.9 Å². The second-order valence-electron chi connectivity index (χ2n) is 3.93. The Morgan fingerprint density at radius 2 is 2.27 bits per heavy atom. The van der Waals surface area contributed by atoms with E-state index in [1.807, 2.05) is 18.2 Å². The van der Waals surface area contributed by atoms with Gasteiger partial charge in [-0.1, -0.05) is 0 Å². The lowest BCUT2D eigenvalue weighted by molar-refractivity contribution is 0.415. The second-order valence-corrected chi connectivity index (χ2v) is 3.93. The number of imidazole rings is 1. The first-order chi connectivity index (χ1) is 7.29. The summed E-state index contributed by atoms with van der Waals surface area (Å²) in [7, 11) is 1.67. The first-order valence-corrected chi connectivity index (χ1v) is 5.11. The molecule has 0 spiro atoms. The van der Waals surface area contributed by atoms with Crippen molar-refractivity contribution in [3.8, 4) is 5.75 Å². The standard InChI is InChI=1S/C11H13N3O/c1-15-8-4-5-9-10(6-8)14(7-2-3-7)11(12)13-9/h4-7H,2-3H2,1H3,(H2,12,13). The summed E-state index contributed by atoms with van der Waals surface area (Å²) in [5, 5.41) is 0. The maximum absolute atomic E-state index is 5.90. The van der Waals surface area contributed by atoms with Crippen LogP contribution >= 0.6 is 0 Å². The van der Waals surface area contributed by atoms with Gasteiger partial charge in [0, 0.05) is 12.1 Å². The molecule has 15 heavy (non-hydrogen) atoms. The van der Waals surface area contributed by atoms with E-state index >= 15 is 0 Å². The predicted octanol–water partition coefficient (Wildman–Crippen LogP) is 1.96. The minimum Gasteiger partial charge on any atom is -0.497 e. The van der Waals surface area contributed by atoms with Gasteiger partial charge in [0.25, 0.3) is 0 Å². The third-order valence-electron chi connectivity index (χ3n) is 2.84. The van der Waals surface area contributed by atoms with Gasteiger partial charge in [0.2, 0.25) is 5.95 Å². The molecule has 1 heterocycles. The summed E-state index contributed by atoms with van der Waals surface area (Å²) in [5.41, 5.74) is 7.92. The van der Waals surface area contributed by atoms with Crippen molar-refractivity contribution in [1.82, 2.24) is 9.55 Å². The molecule has 0 bridgehead atoms. The molecule has 1 aliphatic rings. The molecule has 0 amide bonds. The van der Waals surface area contributed by atoms with E-state index in [0.717, 1.165) is 16.8 Å². The molecule has 4 nitrogen and oxygen atoms in total. The van der Waals surface area contributed by atoms with Crippen LogP contribution < -0.4 is 10.5 Å². The van der Waals surface area contributed by atoms with Crippen LogP contribution in [-0.4, -0.2) is 16.7 Å². The Kier molecular flexibility index (Phi) is 1.65. The van der Waals surface area contributed by atoms with Gasteiger partial charge < -0.3 is 15.0 Å². The number of ether oxygens (including phenoxy) is 1. The summed E-state index contributed by atoms with van der Waals surface area (Å²) >= 11 is 0. The molecule has 78 valence electrons. The first-order valence-electron chi connectivity index (χ1n) is 5.11. The summed E-state index contributed by atoms with van der Waals surface area (Å²) < 4.78 is 7.31. The molecule has 1 aromatic heterocycles. The van der Waals surface area contributed by atoms with Gasteiger partial charge in [-0.3, -0.25) is 0 Å². The predicted molar refractivity (Wildman–Crippen MR) is 59.0 cm³/mol. The van der Waals surface area contributed by atoms with Crippen LogP contribution in [0.25, 0.3) is 11.0 Å². The number of nitrogens with zero attached hydrogens (tertiary/aromatic N) is 2. The van der Waals surface area contributed by atoms with Gasteiger partial charge in [-0.15, -0.1) is 0 Å². The number of aromatic nitrogens is 2. The number of hydrogen-bond acceptors (Lipinski definition) is 3. The summed E-state index contributed by atoms with van der Waals surface area (Å²) in [6.45, 7) is 0. The van der Waals surface area contributed by atoms with E-state index in [1.54, 1.807) is 7.11 Å². The molecule has 4 heteroatoms. The number of anilines is 1. The zero-order valence-electron chi connectivity index (χ0n) is 8.60. The van der Waals surface area contributed by atoms with Crippen molar-refractivity contribution in [3.63, 3.8) is 0 Å². The Hall–Kier alpha value is -1.71. The van der Waals surface area contributed by atoms with Gasteiger partial charge in [0.05, 0.1) is 18.1 Å². The van der Waals surface area contributed by atoms with Gasteiger partial charge in [-0.25, -0.2) is 4.98 Å². The Morgan fingerprint density at radius 3 is 2.93 bits per heavy atom. The molecule has 0 saturated heterocycles. The van der Waals surface area contributed by atoms with E-state index in [9.17, 15) is 0 Å². The molecular weight excluding hydrogens is 190 g/mol. The average molecular weight is 203 g/mol. The Bertz CT molecular complexity index is 514. The van der Waals surface area contributed by atoms with Crippen molar-refractivity contribution in [3.05, 3.63) is 18.2 Å². The highest BCUT2D eigenvalue weighted by molar-refractivity contribution is 5.80. The molecule has 0 unspecified atom stereocenters. The van der Waals surface area contributed by atoms with Crippen molar-refractivity contribution in [1.29, 1.82) is 0 Å². The molecule has 0 radical (unpaired) electrons. The molecule has 2 aromatic rings. The Labute approximate surface area is 87.7 Å². The molecule has 1 saturated carbocycles. The largest absolute Gasteiger partial charge is 0.497 e. The quantitative estimate of drug-likeness (QED) is 0.811. The fourth-order valence-corrected chi connectivity index (χ4v) is 1.93. The third-order valence-corrected chi connectivity index (χ3v) is 2.84. The molecule has 1 aromatic carbocycles. The van der Waals surface area contributed by atoms with Crippen LogP contribution in [0, 0.1) is 0 Å². The molecule has 0 atom stereocenters. The van der Waals surface area contributed by atoms with E-state index < -0.39 is 0 Å². The number of nitrogens with two attached hydrogens (primary N) is 1. The molecule has 3 rings (SSSR count). The van der Waals surface area contributed by atoms with Crippen LogP contribution in [0.4, 0.5) is 5.95 Å². The van der Waals surface area contributed by atoms with Crippen molar-refractivity contribution >= 4 is 17.0 Å². The maximum Gasteiger partial charge on any atom is 0.201 e. The van der Waals surface area contributed by atoms with Crippen molar-refractivity contribution < 1.29 is 4.74 Å². The number of rotatable bonds is 2. The molecule has 0 aliphatic heterocycles. The normalized spacial score (nSPS) is 15.8. The maximum atomic E-state index is 5.90. The zero-order valence-corrected chi connectivity index (χ0v) is 8.60. The molecule has 2 N–H and O–H groups in total. The Morgan fingerprint density at radius 1 is 1.47 bits per heavy atom. The van der Waals surface area contributed by atoms with E-state index in [-0.39, 0.29) is 0 Å². The summed E-state index contributed by atoms with van der Waals surface area (Å²) in [5.74, 6) is 1.46. The molecule has 1 fully saturated rings. The molecular formula is C11H13N3O. The smallest absolute Gasteiger partial charge is 0.201 e. The van der Waals surface area contributed by atoms with Gasteiger partial charge in [0.15, 0.2) is 0 Å². The number of benzene rings is 1. The van der Waals surface area contributed by atoms with Crippen molar-refractivity contribution in [2.24, 2.45) is 0 Å². The van der Waals surface area contributed by atoms with Crippen LogP contribution in [-0.2, 0) is 0 Å². The topological polar surface area (TPSA) is 53.1 Å². The highest BCUT2D eigenvalue weighted by Crippen LogP contribution is 2.39. The van der Waals surface area contributed by atoms with Crippen LogP contribution in [0.2, 0.25) is 0 Å². The lowest BCUT2D eigenvalue weighted by Gasteiger charge is -2.04. The van der Waals surface area contributed by atoms with Gasteiger partial charge in [-0.2, -0.15) is 0 Å². The van der Waals surface area contributed by atoms with E-state index in [0.29, 0.717) is 12.0 Å². The van der Waals surface area contributed by atoms with Crippen LogP contribution in [0.3, 0.4) is 0 Å². The van der Waals surface area contributed by atoms with Crippen LogP contribution in [0.1, 0.15) is 18.9 Å². The highest BCUT2D eigenvalue weighted by atomic mass is 16.5. The van der Waals surface area contributed by atoms with Crippen LogP contribution in [0.5, 0.6) is 5.75 Å². The van der Waals surface area contributed by atoms with Crippen molar-refractivity contribution in [2.75, 3.05) is 12.8 Å². The monoisotopic (exact) mass is 203 g/mol. The highest BCUT2D eigenvalue weighted by Gasteiger charge is 2.27. The summed E-state index contributed by atoms with van der Waals surface area (Å²) in [4.78, 5) is 4.33. The average Bonchev–Trinajstić information content (AvgIpc) is 3.00. The fraction of sp³-hybridized carbons (Fsp3) is 0.364. The lowest BCUT2D eigenvalue weighted by atomic mass is 10.3. The summed E-state index contributed by atoms with van der Waals surface area (Å²) in [6.07, 6.45) is 2.40. The summed E-state index contributed by atoms with van der Waals surface area (Å²) in [6, 6.07) is 6.40. The first kappa shape index (κ1) is 8.59. The number of hydrogen-bond donors (Lipinski definition) is 1. The Balaban J connectivity index is 2.26. The lowest BCUT2D eigenvalue weighted by Crippen LogP contribution is -2.00. The zero-order chi connectivity index (χ0) is 10.4. The van der Waals surface area contributed by atoms with E-state index in [2.05, 4.69) is 9.55 Å².